The molecule has 7 heteroatoms. The summed E-state index contributed by atoms with van der Waals surface area (Å²) in [5.41, 5.74) is 4.78. The van der Waals surface area contributed by atoms with Crippen molar-refractivity contribution in [3.05, 3.63) is 29.3 Å². The molecule has 116 valence electrons. The van der Waals surface area contributed by atoms with Gasteiger partial charge < -0.3 is 15.4 Å². The van der Waals surface area contributed by atoms with Crippen molar-refractivity contribution in [3.63, 3.8) is 0 Å². The van der Waals surface area contributed by atoms with Gasteiger partial charge in [0.25, 0.3) is 0 Å². The maximum Gasteiger partial charge on any atom is 0.417 e. The van der Waals surface area contributed by atoms with Crippen LogP contribution in [0, 0.1) is 5.41 Å². The highest BCUT2D eigenvalue weighted by atomic mass is 19.4. The Morgan fingerprint density at radius 3 is 2.71 bits per heavy atom. The summed E-state index contributed by atoms with van der Waals surface area (Å²) in [6, 6.07) is 3.75. The smallest absolute Gasteiger partial charge is 0.384 e. The van der Waals surface area contributed by atoms with Crippen molar-refractivity contribution in [1.29, 1.82) is 5.41 Å². The lowest BCUT2D eigenvalue weighted by molar-refractivity contribution is -0.137. The normalized spacial score (nSPS) is 19.6. The average Bonchev–Trinajstić information content (AvgIpc) is 2.45. The number of benzene rings is 1. The third-order valence-corrected chi connectivity index (χ3v) is 3.68. The van der Waals surface area contributed by atoms with Gasteiger partial charge in [0.2, 0.25) is 0 Å². The average molecular weight is 301 g/mol. The monoisotopic (exact) mass is 301 g/mol. The largest absolute Gasteiger partial charge is 0.417 e. The predicted molar refractivity (Wildman–Crippen MR) is 74.7 cm³/mol. The highest BCUT2D eigenvalue weighted by Gasteiger charge is 2.34. The van der Waals surface area contributed by atoms with Gasteiger partial charge in [-0.15, -0.1) is 0 Å². The summed E-state index contributed by atoms with van der Waals surface area (Å²) in [6.45, 7) is 1.38. The van der Waals surface area contributed by atoms with Crippen LogP contribution in [0.15, 0.2) is 18.2 Å². The van der Waals surface area contributed by atoms with Crippen molar-refractivity contribution in [2.75, 3.05) is 25.1 Å². The first-order valence-electron chi connectivity index (χ1n) is 6.66. The molecule has 4 nitrogen and oxygen atoms in total. The summed E-state index contributed by atoms with van der Waals surface area (Å²) in [6.07, 6.45) is -2.60. The number of ether oxygens (including phenoxy) is 1. The van der Waals surface area contributed by atoms with Crippen LogP contribution in [0.5, 0.6) is 0 Å². The molecule has 1 aliphatic heterocycles. The molecule has 1 unspecified atom stereocenters. The Kier molecular flexibility index (Phi) is 4.41. The number of alkyl halides is 3. The van der Waals surface area contributed by atoms with E-state index < -0.39 is 17.6 Å². The van der Waals surface area contributed by atoms with Gasteiger partial charge in [0.1, 0.15) is 5.84 Å². The summed E-state index contributed by atoms with van der Waals surface area (Å²) >= 11 is 0. The fraction of sp³-hybridized carbons (Fsp3) is 0.500. The predicted octanol–water partition coefficient (Wildman–Crippen LogP) is 2.60. The highest BCUT2D eigenvalue weighted by Crippen LogP contribution is 2.34. The molecule has 1 aromatic carbocycles. The minimum Gasteiger partial charge on any atom is -0.384 e. The Balaban J connectivity index is 2.34. The molecule has 1 aromatic rings. The first kappa shape index (κ1) is 15.6. The number of rotatable bonds is 3. The molecule has 21 heavy (non-hydrogen) atoms. The molecule has 0 aliphatic carbocycles. The maximum atomic E-state index is 12.9. The second-order valence-corrected chi connectivity index (χ2v) is 5.09. The topological polar surface area (TPSA) is 62.3 Å². The Morgan fingerprint density at radius 1 is 1.43 bits per heavy atom. The Bertz CT molecular complexity index is 531. The van der Waals surface area contributed by atoms with E-state index in [1.54, 1.807) is 7.11 Å². The molecule has 0 saturated carbocycles. The van der Waals surface area contributed by atoms with Gasteiger partial charge in [0, 0.05) is 31.5 Å². The van der Waals surface area contributed by atoms with E-state index in [0.29, 0.717) is 12.2 Å². The lowest BCUT2D eigenvalue weighted by Gasteiger charge is -2.34. The number of nitrogens with two attached hydrogens (primary N) is 1. The Hall–Kier alpha value is -1.76. The lowest BCUT2D eigenvalue weighted by atomic mass is 10.0. The molecule has 1 fully saturated rings. The molecule has 0 bridgehead atoms. The van der Waals surface area contributed by atoms with Crippen LogP contribution in [-0.4, -0.2) is 32.1 Å². The van der Waals surface area contributed by atoms with E-state index in [1.807, 2.05) is 4.90 Å². The van der Waals surface area contributed by atoms with Crippen molar-refractivity contribution < 1.29 is 17.9 Å². The SMILES string of the molecule is COC1CCCN(c2ccc(C(F)(F)F)c(C(=N)N)c2)C1. The number of piperidine rings is 1. The molecule has 1 aliphatic rings. The summed E-state index contributed by atoms with van der Waals surface area (Å²) < 4.78 is 44.1. The van der Waals surface area contributed by atoms with Crippen molar-refractivity contribution >= 4 is 11.5 Å². The van der Waals surface area contributed by atoms with Gasteiger partial charge in [-0.1, -0.05) is 0 Å². The summed E-state index contributed by atoms with van der Waals surface area (Å²) in [5.74, 6) is -0.579. The van der Waals surface area contributed by atoms with Gasteiger partial charge in [-0.3, -0.25) is 5.41 Å². The summed E-state index contributed by atoms with van der Waals surface area (Å²) in [5, 5.41) is 7.38. The number of anilines is 1. The third-order valence-electron chi connectivity index (χ3n) is 3.68. The van der Waals surface area contributed by atoms with Crippen molar-refractivity contribution in [2.45, 2.75) is 25.1 Å². The number of nitrogens with one attached hydrogen (secondary N) is 1. The van der Waals surface area contributed by atoms with Gasteiger partial charge in [0.05, 0.1) is 11.7 Å². The molecular formula is C14H18F3N3O. The number of amidine groups is 1. The van der Waals surface area contributed by atoms with Crippen LogP contribution in [-0.2, 0) is 10.9 Å². The Morgan fingerprint density at radius 2 is 2.14 bits per heavy atom. The molecule has 0 spiro atoms. The maximum absolute atomic E-state index is 12.9. The first-order chi connectivity index (χ1) is 9.82. The van der Waals surface area contributed by atoms with Crippen LogP contribution >= 0.6 is 0 Å². The number of nitrogens with zero attached hydrogens (tertiary/aromatic N) is 1. The summed E-state index contributed by atoms with van der Waals surface area (Å²) in [4.78, 5) is 1.96. The van der Waals surface area contributed by atoms with E-state index in [1.165, 1.54) is 12.1 Å². The minimum atomic E-state index is -4.52. The molecule has 2 rings (SSSR count). The van der Waals surface area contributed by atoms with Gasteiger partial charge in [-0.05, 0) is 31.0 Å². The van der Waals surface area contributed by atoms with Gasteiger partial charge in [-0.25, -0.2) is 0 Å². The van der Waals surface area contributed by atoms with E-state index >= 15 is 0 Å². The molecule has 1 atom stereocenters. The third kappa shape index (κ3) is 3.47. The Labute approximate surface area is 121 Å². The van der Waals surface area contributed by atoms with E-state index in [9.17, 15) is 13.2 Å². The van der Waals surface area contributed by atoms with Crippen LogP contribution in [0.4, 0.5) is 18.9 Å². The number of nitrogen functional groups attached to an aromatic ring is 1. The van der Waals surface area contributed by atoms with Gasteiger partial charge >= 0.3 is 6.18 Å². The molecular weight excluding hydrogens is 283 g/mol. The number of halogens is 3. The van der Waals surface area contributed by atoms with Crippen LogP contribution in [0.2, 0.25) is 0 Å². The quantitative estimate of drug-likeness (QED) is 0.666. The van der Waals surface area contributed by atoms with Crippen molar-refractivity contribution in [1.82, 2.24) is 0 Å². The highest BCUT2D eigenvalue weighted by molar-refractivity contribution is 5.97. The van der Waals surface area contributed by atoms with Crippen LogP contribution in [0.25, 0.3) is 0 Å². The van der Waals surface area contributed by atoms with Crippen molar-refractivity contribution in [3.8, 4) is 0 Å². The number of hydrogen-bond donors (Lipinski definition) is 2. The fourth-order valence-electron chi connectivity index (χ4n) is 2.56. The van der Waals surface area contributed by atoms with Crippen LogP contribution < -0.4 is 10.6 Å². The fourth-order valence-corrected chi connectivity index (χ4v) is 2.56. The molecule has 0 aromatic heterocycles. The minimum absolute atomic E-state index is 0.0711. The van der Waals surface area contributed by atoms with E-state index in [4.69, 9.17) is 15.9 Å². The second-order valence-electron chi connectivity index (χ2n) is 5.09. The van der Waals surface area contributed by atoms with Crippen LogP contribution in [0.3, 0.4) is 0 Å². The second kappa shape index (κ2) is 5.93. The van der Waals surface area contributed by atoms with E-state index in [2.05, 4.69) is 0 Å². The molecule has 3 N–H and O–H groups in total. The molecule has 0 amide bonds. The van der Waals surface area contributed by atoms with Gasteiger partial charge in [-0.2, -0.15) is 13.2 Å². The van der Waals surface area contributed by atoms with Crippen LogP contribution in [0.1, 0.15) is 24.0 Å². The van der Waals surface area contributed by atoms with E-state index in [0.717, 1.165) is 25.5 Å². The van der Waals surface area contributed by atoms with E-state index in [-0.39, 0.29) is 11.7 Å². The molecule has 1 heterocycles. The zero-order valence-corrected chi connectivity index (χ0v) is 11.7. The summed E-state index contributed by atoms with van der Waals surface area (Å²) in [7, 11) is 1.63. The standard InChI is InChI=1S/C14H18F3N3O/c1-21-10-3-2-6-20(8-10)9-4-5-12(14(15,16)17)11(7-9)13(18)19/h4-5,7,10H,2-3,6,8H2,1H3,(H3,18,19). The van der Waals surface area contributed by atoms with Crippen molar-refractivity contribution in [2.24, 2.45) is 5.73 Å². The lowest BCUT2D eigenvalue weighted by Crippen LogP contribution is -2.39. The molecule has 1 saturated heterocycles. The number of hydrogen-bond acceptors (Lipinski definition) is 3. The zero-order valence-electron chi connectivity index (χ0n) is 11.7. The first-order valence-corrected chi connectivity index (χ1v) is 6.66. The number of methoxy groups -OCH3 is 1. The molecule has 0 radical (unpaired) electrons. The van der Waals surface area contributed by atoms with Gasteiger partial charge in [0.15, 0.2) is 0 Å². The zero-order chi connectivity index (χ0) is 15.6.